The Morgan fingerprint density at radius 2 is 1.93 bits per heavy atom. The van der Waals surface area contributed by atoms with Crippen LogP contribution in [0.5, 0.6) is 11.5 Å². The molecule has 1 saturated heterocycles. The maximum atomic E-state index is 12.7. The number of pyridine rings is 1. The van der Waals surface area contributed by atoms with Gasteiger partial charge >= 0.3 is 0 Å². The number of amides is 2. The van der Waals surface area contributed by atoms with Gasteiger partial charge in [-0.2, -0.15) is 0 Å². The number of carbonyl (C=O) groups is 2. The molecular formula is C20H21N3O4. The molecule has 7 nitrogen and oxygen atoms in total. The number of nitrogens with one attached hydrogen (secondary N) is 1. The molecule has 0 aliphatic carbocycles. The summed E-state index contributed by atoms with van der Waals surface area (Å²) < 4.78 is 10.6. The van der Waals surface area contributed by atoms with E-state index >= 15 is 0 Å². The molecule has 2 amide bonds. The van der Waals surface area contributed by atoms with Gasteiger partial charge < -0.3 is 19.7 Å². The molecule has 140 valence electrons. The van der Waals surface area contributed by atoms with Crippen molar-refractivity contribution in [2.75, 3.05) is 19.9 Å². The van der Waals surface area contributed by atoms with Gasteiger partial charge in [-0.15, -0.1) is 0 Å². The standard InChI is InChI=1S/C20H21N3O4/c24-19(22-12-16-3-1-2-8-21-16)14-6-9-23(10-7-14)20(25)15-4-5-17-18(11-15)27-13-26-17/h1-5,8,11,14H,6-7,9-10,12-13H2,(H,22,24). The summed E-state index contributed by atoms with van der Waals surface area (Å²) in [4.78, 5) is 31.1. The number of likely N-dealkylation sites (tertiary alicyclic amines) is 1. The van der Waals surface area contributed by atoms with E-state index in [2.05, 4.69) is 10.3 Å². The van der Waals surface area contributed by atoms with Crippen LogP contribution >= 0.6 is 0 Å². The summed E-state index contributed by atoms with van der Waals surface area (Å²) in [7, 11) is 0. The fourth-order valence-electron chi connectivity index (χ4n) is 3.38. The highest BCUT2D eigenvalue weighted by Crippen LogP contribution is 2.33. The van der Waals surface area contributed by atoms with E-state index < -0.39 is 0 Å². The number of aromatic nitrogens is 1. The van der Waals surface area contributed by atoms with Gasteiger partial charge in [-0.3, -0.25) is 14.6 Å². The molecule has 0 unspecified atom stereocenters. The Balaban J connectivity index is 1.29. The van der Waals surface area contributed by atoms with Gasteiger partial charge in [-0.05, 0) is 43.2 Å². The first-order valence-corrected chi connectivity index (χ1v) is 9.07. The minimum atomic E-state index is -0.0745. The van der Waals surface area contributed by atoms with Crippen molar-refractivity contribution in [2.45, 2.75) is 19.4 Å². The quantitative estimate of drug-likeness (QED) is 0.894. The Morgan fingerprint density at radius 1 is 1.11 bits per heavy atom. The highest BCUT2D eigenvalue weighted by Gasteiger charge is 2.28. The van der Waals surface area contributed by atoms with Crippen molar-refractivity contribution in [1.29, 1.82) is 0 Å². The van der Waals surface area contributed by atoms with Crippen molar-refractivity contribution < 1.29 is 19.1 Å². The molecule has 7 heteroatoms. The maximum absolute atomic E-state index is 12.7. The molecule has 1 N–H and O–H groups in total. The van der Waals surface area contributed by atoms with Crippen molar-refractivity contribution in [2.24, 2.45) is 5.92 Å². The predicted octanol–water partition coefficient (Wildman–Crippen LogP) is 1.98. The highest BCUT2D eigenvalue weighted by atomic mass is 16.7. The lowest BCUT2D eigenvalue weighted by molar-refractivity contribution is -0.126. The third-order valence-electron chi connectivity index (χ3n) is 4.94. The second-order valence-electron chi connectivity index (χ2n) is 6.67. The zero-order valence-corrected chi connectivity index (χ0v) is 14.9. The molecule has 4 rings (SSSR count). The number of hydrogen-bond acceptors (Lipinski definition) is 5. The first-order valence-electron chi connectivity index (χ1n) is 9.07. The Labute approximate surface area is 157 Å². The number of hydrogen-bond donors (Lipinski definition) is 1. The van der Waals surface area contributed by atoms with Gasteiger partial charge in [-0.1, -0.05) is 6.07 Å². The van der Waals surface area contributed by atoms with E-state index in [0.717, 1.165) is 5.69 Å². The van der Waals surface area contributed by atoms with Gasteiger partial charge in [0.15, 0.2) is 11.5 Å². The Kier molecular flexibility index (Phi) is 4.91. The molecule has 2 aliphatic heterocycles. The molecule has 0 saturated carbocycles. The van der Waals surface area contributed by atoms with E-state index in [0.29, 0.717) is 49.5 Å². The van der Waals surface area contributed by atoms with Gasteiger partial charge in [-0.25, -0.2) is 0 Å². The van der Waals surface area contributed by atoms with Gasteiger partial charge in [0.1, 0.15) is 0 Å². The molecule has 2 aromatic rings. The van der Waals surface area contributed by atoms with Gasteiger partial charge in [0, 0.05) is 30.8 Å². The summed E-state index contributed by atoms with van der Waals surface area (Å²) >= 11 is 0. The SMILES string of the molecule is O=C(NCc1ccccn1)C1CCN(C(=O)c2ccc3c(c2)OCO3)CC1. The lowest BCUT2D eigenvalue weighted by Gasteiger charge is -2.31. The van der Waals surface area contributed by atoms with E-state index in [1.807, 2.05) is 18.2 Å². The predicted molar refractivity (Wildman–Crippen MR) is 97.3 cm³/mol. The minimum Gasteiger partial charge on any atom is -0.454 e. The van der Waals surface area contributed by atoms with Crippen LogP contribution in [0.1, 0.15) is 28.9 Å². The number of rotatable bonds is 4. The third-order valence-corrected chi connectivity index (χ3v) is 4.94. The number of nitrogens with zero attached hydrogens (tertiary/aromatic N) is 2. The molecule has 0 spiro atoms. The molecule has 1 aromatic carbocycles. The van der Waals surface area contributed by atoms with Crippen LogP contribution in [0.3, 0.4) is 0 Å². The average Bonchev–Trinajstić information content (AvgIpc) is 3.20. The fourth-order valence-corrected chi connectivity index (χ4v) is 3.38. The molecule has 0 atom stereocenters. The largest absolute Gasteiger partial charge is 0.454 e. The lowest BCUT2D eigenvalue weighted by atomic mass is 9.95. The van der Waals surface area contributed by atoms with Crippen LogP contribution in [0, 0.1) is 5.92 Å². The van der Waals surface area contributed by atoms with Gasteiger partial charge in [0.05, 0.1) is 12.2 Å². The van der Waals surface area contributed by atoms with Crippen LogP contribution in [0.2, 0.25) is 0 Å². The average molecular weight is 367 g/mol. The molecule has 27 heavy (non-hydrogen) atoms. The Bertz CT molecular complexity index is 832. The maximum Gasteiger partial charge on any atom is 0.253 e. The van der Waals surface area contributed by atoms with Crippen LogP contribution in [0.25, 0.3) is 0 Å². The van der Waals surface area contributed by atoms with Crippen molar-refractivity contribution in [3.05, 3.63) is 53.9 Å². The normalized spacial score (nSPS) is 16.2. The summed E-state index contributed by atoms with van der Waals surface area (Å²) in [6.45, 7) is 1.74. The molecule has 0 radical (unpaired) electrons. The third kappa shape index (κ3) is 3.86. The molecule has 0 bridgehead atoms. The zero-order valence-electron chi connectivity index (χ0n) is 14.9. The second kappa shape index (κ2) is 7.65. The Morgan fingerprint density at radius 3 is 2.70 bits per heavy atom. The lowest BCUT2D eigenvalue weighted by Crippen LogP contribution is -2.43. The van der Waals surface area contributed by atoms with Crippen LogP contribution in [-0.2, 0) is 11.3 Å². The van der Waals surface area contributed by atoms with Crippen molar-refractivity contribution in [3.63, 3.8) is 0 Å². The summed E-state index contributed by atoms with van der Waals surface area (Å²) in [5.74, 6) is 1.17. The van der Waals surface area contributed by atoms with E-state index in [9.17, 15) is 9.59 Å². The summed E-state index contributed by atoms with van der Waals surface area (Å²) in [5.41, 5.74) is 1.42. The topological polar surface area (TPSA) is 80.8 Å². The number of fused-ring (bicyclic) bond motifs is 1. The van der Waals surface area contributed by atoms with Crippen LogP contribution < -0.4 is 14.8 Å². The summed E-state index contributed by atoms with van der Waals surface area (Å²) in [6, 6.07) is 10.9. The van der Waals surface area contributed by atoms with Crippen LogP contribution in [0.4, 0.5) is 0 Å². The van der Waals surface area contributed by atoms with Gasteiger partial charge in [0.25, 0.3) is 5.91 Å². The van der Waals surface area contributed by atoms with E-state index in [1.54, 1.807) is 29.3 Å². The molecule has 1 aromatic heterocycles. The van der Waals surface area contributed by atoms with Crippen molar-refractivity contribution in [1.82, 2.24) is 15.2 Å². The first kappa shape index (κ1) is 17.3. The summed E-state index contributed by atoms with van der Waals surface area (Å²) in [6.07, 6.45) is 3.02. The first-order chi connectivity index (χ1) is 13.2. The molecule has 1 fully saturated rings. The smallest absolute Gasteiger partial charge is 0.253 e. The summed E-state index contributed by atoms with van der Waals surface area (Å²) in [5, 5.41) is 2.94. The van der Waals surface area contributed by atoms with E-state index in [-0.39, 0.29) is 24.5 Å². The van der Waals surface area contributed by atoms with Crippen LogP contribution in [-0.4, -0.2) is 41.6 Å². The van der Waals surface area contributed by atoms with Crippen molar-refractivity contribution in [3.8, 4) is 11.5 Å². The minimum absolute atomic E-state index is 0.0239. The Hall–Kier alpha value is -3.09. The monoisotopic (exact) mass is 367 g/mol. The zero-order chi connectivity index (χ0) is 18.6. The van der Waals surface area contributed by atoms with Gasteiger partial charge in [0.2, 0.25) is 12.7 Å². The fraction of sp³-hybridized carbons (Fsp3) is 0.350. The molecule has 3 heterocycles. The van der Waals surface area contributed by atoms with Crippen molar-refractivity contribution >= 4 is 11.8 Å². The van der Waals surface area contributed by atoms with E-state index in [1.165, 1.54) is 0 Å². The molecular weight excluding hydrogens is 346 g/mol. The van der Waals surface area contributed by atoms with E-state index in [4.69, 9.17) is 9.47 Å². The highest BCUT2D eigenvalue weighted by molar-refractivity contribution is 5.95. The van der Waals surface area contributed by atoms with Crippen LogP contribution in [0.15, 0.2) is 42.6 Å². The number of benzene rings is 1. The number of ether oxygens (including phenoxy) is 2. The second-order valence-corrected chi connectivity index (χ2v) is 6.67. The molecule has 2 aliphatic rings. The number of carbonyl (C=O) groups excluding carboxylic acids is 2. The number of piperidine rings is 1.